The van der Waals surface area contributed by atoms with E-state index in [0.717, 1.165) is 43.6 Å². The van der Waals surface area contributed by atoms with Gasteiger partial charge in [-0.25, -0.2) is 9.59 Å². The van der Waals surface area contributed by atoms with E-state index in [4.69, 9.17) is 21.1 Å². The number of phenols is 1. The number of fused-ring (bicyclic) bond motifs is 2. The maximum Gasteiger partial charge on any atom is 0.420 e. The number of para-hydroxylation sites is 1. The molecule has 0 unspecified atom stereocenters. The van der Waals surface area contributed by atoms with Crippen molar-refractivity contribution in [3.8, 4) is 5.75 Å². The Morgan fingerprint density at radius 3 is 2.40 bits per heavy atom. The van der Waals surface area contributed by atoms with Crippen LogP contribution in [0.2, 0.25) is 5.02 Å². The van der Waals surface area contributed by atoms with E-state index in [0.29, 0.717) is 37.9 Å². The molecule has 0 saturated carbocycles. The first-order valence-electron chi connectivity index (χ1n) is 15.8. The number of rotatable bonds is 5. The van der Waals surface area contributed by atoms with Crippen LogP contribution in [-0.2, 0) is 32.5 Å². The van der Waals surface area contributed by atoms with Crippen LogP contribution in [0.25, 0.3) is 0 Å². The van der Waals surface area contributed by atoms with E-state index in [2.05, 4.69) is 15.5 Å². The number of nitrogens with one attached hydrogen (secondary N) is 2. The lowest BCUT2D eigenvalue weighted by molar-refractivity contribution is -0.143. The number of piperidine rings is 2. The molecule has 2 aromatic rings. The highest BCUT2D eigenvalue weighted by Crippen LogP contribution is 2.44. The number of nitrogens with zero attached hydrogens (tertiary/aromatic N) is 3. The number of carbonyl (C=O) groups excluding carboxylic acids is 3. The molecule has 3 fully saturated rings. The zero-order valence-corrected chi connectivity index (χ0v) is 26.4. The maximum atomic E-state index is 13.9. The van der Waals surface area contributed by atoms with Crippen molar-refractivity contribution >= 4 is 35.4 Å². The largest absolute Gasteiger partial charge is 0.506 e. The molecule has 6 rings (SSSR count). The van der Waals surface area contributed by atoms with Crippen LogP contribution in [0.15, 0.2) is 36.4 Å². The lowest BCUT2D eigenvalue weighted by Gasteiger charge is -2.44. The van der Waals surface area contributed by atoms with Gasteiger partial charge in [-0.3, -0.25) is 15.0 Å². The number of ether oxygens (including phenoxy) is 2. The fourth-order valence-electron chi connectivity index (χ4n) is 7.04. The normalized spacial score (nSPS) is 21.1. The van der Waals surface area contributed by atoms with Crippen LogP contribution in [0.1, 0.15) is 42.4 Å². The minimum absolute atomic E-state index is 0.0181. The first kappa shape index (κ1) is 33.2. The van der Waals surface area contributed by atoms with Crippen molar-refractivity contribution < 1.29 is 42.1 Å². The van der Waals surface area contributed by atoms with Crippen LogP contribution in [0.4, 0.5) is 28.4 Å². The van der Waals surface area contributed by atoms with Crippen molar-refractivity contribution in [1.82, 2.24) is 20.0 Å². The second-order valence-corrected chi connectivity index (χ2v) is 12.8. The van der Waals surface area contributed by atoms with Crippen LogP contribution in [-0.4, -0.2) is 102 Å². The van der Waals surface area contributed by atoms with Crippen LogP contribution in [0.3, 0.4) is 0 Å². The van der Waals surface area contributed by atoms with Crippen molar-refractivity contribution in [3.05, 3.63) is 58.1 Å². The number of carbonyl (C=O) groups is 3. The Morgan fingerprint density at radius 2 is 1.72 bits per heavy atom. The van der Waals surface area contributed by atoms with Crippen LogP contribution >= 0.6 is 11.6 Å². The molecule has 11 nitrogen and oxygen atoms in total. The molecule has 3 saturated heterocycles. The molecule has 2 aromatic carbocycles. The van der Waals surface area contributed by atoms with Gasteiger partial charge in [-0.05, 0) is 49.7 Å². The first-order chi connectivity index (χ1) is 22.4. The number of likely N-dealkylation sites (tertiary alicyclic amines) is 1. The lowest BCUT2D eigenvalue weighted by atomic mass is 9.82. The average Bonchev–Trinajstić information content (AvgIpc) is 3.06. The van der Waals surface area contributed by atoms with Gasteiger partial charge in [-0.1, -0.05) is 29.8 Å². The third-order valence-electron chi connectivity index (χ3n) is 9.59. The molecular formula is C32H37ClF3N5O6. The second-order valence-electron chi connectivity index (χ2n) is 12.4. The van der Waals surface area contributed by atoms with E-state index in [9.17, 15) is 32.7 Å². The summed E-state index contributed by atoms with van der Waals surface area (Å²) in [5.74, 6) is -1.63. The Morgan fingerprint density at radius 1 is 1.04 bits per heavy atom. The third kappa shape index (κ3) is 7.09. The van der Waals surface area contributed by atoms with E-state index < -0.39 is 52.3 Å². The molecule has 4 aliphatic rings. The summed E-state index contributed by atoms with van der Waals surface area (Å²) in [7, 11) is 0. The summed E-state index contributed by atoms with van der Waals surface area (Å²) in [5, 5.41) is 15.5. The average molecular weight is 680 g/mol. The summed E-state index contributed by atoms with van der Waals surface area (Å²) < 4.78 is 52.5. The van der Waals surface area contributed by atoms with E-state index in [1.807, 2.05) is 12.1 Å². The Kier molecular flexibility index (Phi) is 9.45. The minimum Gasteiger partial charge on any atom is -0.506 e. The number of benzene rings is 2. The second kappa shape index (κ2) is 13.4. The monoisotopic (exact) mass is 679 g/mol. The van der Waals surface area contributed by atoms with E-state index >= 15 is 0 Å². The zero-order valence-electron chi connectivity index (χ0n) is 25.7. The van der Waals surface area contributed by atoms with E-state index in [1.165, 1.54) is 4.90 Å². The van der Waals surface area contributed by atoms with E-state index in [1.54, 1.807) is 17.0 Å². The fraction of sp³-hybridized carbons (Fsp3) is 0.531. The fourth-order valence-corrected chi connectivity index (χ4v) is 7.28. The number of amides is 3. The van der Waals surface area contributed by atoms with Crippen molar-refractivity contribution in [2.45, 2.75) is 56.0 Å². The van der Waals surface area contributed by atoms with Crippen LogP contribution in [0, 0.1) is 0 Å². The topological polar surface area (TPSA) is 124 Å². The predicted octanol–water partition coefficient (Wildman–Crippen LogP) is 4.56. The van der Waals surface area contributed by atoms with Gasteiger partial charge >= 0.3 is 18.4 Å². The minimum atomic E-state index is -4.90. The summed E-state index contributed by atoms with van der Waals surface area (Å²) in [6.45, 7) is 4.19. The number of alkyl halides is 3. The predicted molar refractivity (Wildman–Crippen MR) is 165 cm³/mol. The summed E-state index contributed by atoms with van der Waals surface area (Å²) in [4.78, 5) is 45.1. The van der Waals surface area contributed by atoms with Crippen LogP contribution in [0.5, 0.6) is 5.75 Å². The van der Waals surface area contributed by atoms with Crippen molar-refractivity contribution in [2.75, 3.05) is 57.7 Å². The van der Waals surface area contributed by atoms with Gasteiger partial charge in [0.15, 0.2) is 6.10 Å². The smallest absolute Gasteiger partial charge is 0.420 e. The first-order valence-corrected chi connectivity index (χ1v) is 16.2. The standard InChI is InChI=1S/C32H37ClF3N5O6/c33-24-18-20(17-23(27(24)42)32(34,35)36)19-26(28(43)40-15-13-39(14-16-40)21-5-9-37-10-6-21)46-30(45)41-11-7-31(8-12-41)22-3-1-2-4-25(22)38-29(44)47-31/h1-4,17-18,21,26,37,42H,5-16,19H2,(H,38,44)/t26-/m1/s1. The quantitative estimate of drug-likeness (QED) is 0.421. The summed E-state index contributed by atoms with van der Waals surface area (Å²) in [5.41, 5.74) is -0.859. The number of aromatic hydroxyl groups is 1. The molecule has 47 heavy (non-hydrogen) atoms. The molecule has 0 bridgehead atoms. The van der Waals surface area contributed by atoms with Gasteiger partial charge < -0.3 is 29.7 Å². The van der Waals surface area contributed by atoms with Crippen LogP contribution < -0.4 is 10.6 Å². The number of hydrogen-bond acceptors (Lipinski definition) is 8. The number of hydrogen-bond donors (Lipinski definition) is 3. The Bertz CT molecular complexity index is 1500. The SMILES string of the molecule is O=C1Nc2ccccc2C2(CCN(C(=O)O[C@H](Cc3cc(Cl)c(O)c(C(F)(F)F)c3)C(=O)N3CCN(C4CCNCC4)CC3)CC2)O1. The summed E-state index contributed by atoms with van der Waals surface area (Å²) in [6, 6.07) is 9.55. The summed E-state index contributed by atoms with van der Waals surface area (Å²) >= 11 is 5.96. The van der Waals surface area contributed by atoms with Crippen molar-refractivity contribution in [1.29, 1.82) is 0 Å². The molecule has 254 valence electrons. The zero-order chi connectivity index (χ0) is 33.3. The van der Waals surface area contributed by atoms with Gasteiger partial charge in [0, 0.05) is 70.1 Å². The molecule has 0 aromatic heterocycles. The molecule has 3 amide bonds. The molecule has 1 spiro atoms. The number of piperazine rings is 1. The third-order valence-corrected chi connectivity index (χ3v) is 9.88. The highest BCUT2D eigenvalue weighted by atomic mass is 35.5. The molecular weight excluding hydrogens is 643 g/mol. The lowest BCUT2D eigenvalue weighted by Crippen LogP contribution is -2.56. The van der Waals surface area contributed by atoms with E-state index in [-0.39, 0.29) is 37.9 Å². The van der Waals surface area contributed by atoms with Gasteiger partial charge in [0.05, 0.1) is 16.3 Å². The molecule has 3 N–H and O–H groups in total. The number of halogens is 4. The molecule has 15 heteroatoms. The molecule has 0 aliphatic carbocycles. The molecule has 0 radical (unpaired) electrons. The van der Waals surface area contributed by atoms with Gasteiger partial charge in [-0.15, -0.1) is 0 Å². The Labute approximate surface area is 274 Å². The highest BCUT2D eigenvalue weighted by molar-refractivity contribution is 6.32. The van der Waals surface area contributed by atoms with Crippen molar-refractivity contribution in [2.24, 2.45) is 0 Å². The molecule has 4 aliphatic heterocycles. The Balaban J connectivity index is 1.18. The molecule has 1 atom stereocenters. The Hall–Kier alpha value is -3.75. The summed E-state index contributed by atoms with van der Waals surface area (Å²) in [6.07, 6.45) is -5.52. The maximum absolute atomic E-state index is 13.9. The van der Waals surface area contributed by atoms with Crippen molar-refractivity contribution in [3.63, 3.8) is 0 Å². The van der Waals surface area contributed by atoms with Gasteiger partial charge in [-0.2, -0.15) is 13.2 Å². The number of anilines is 1. The number of phenolic OH excluding ortho intramolecular Hbond substituents is 1. The highest BCUT2D eigenvalue weighted by Gasteiger charge is 2.46. The van der Waals surface area contributed by atoms with Gasteiger partial charge in [0.25, 0.3) is 5.91 Å². The van der Waals surface area contributed by atoms with Gasteiger partial charge in [0.1, 0.15) is 11.4 Å². The molecule has 4 heterocycles. The van der Waals surface area contributed by atoms with Gasteiger partial charge in [0.2, 0.25) is 0 Å².